The second-order valence-electron chi connectivity index (χ2n) is 3.28. The summed E-state index contributed by atoms with van der Waals surface area (Å²) in [5, 5.41) is 8.69. The molecule has 0 aliphatic heterocycles. The van der Waals surface area contributed by atoms with Gasteiger partial charge in [0.25, 0.3) is 17.9 Å². The molecule has 0 fully saturated rings. The third-order valence-electron chi connectivity index (χ3n) is 2.06. The van der Waals surface area contributed by atoms with Crippen molar-refractivity contribution in [2.45, 2.75) is 6.43 Å². The van der Waals surface area contributed by atoms with E-state index in [2.05, 4.69) is 4.98 Å². The third-order valence-corrected chi connectivity index (χ3v) is 2.06. The summed E-state index contributed by atoms with van der Waals surface area (Å²) in [4.78, 5) is 26.1. The molecule has 1 rings (SSSR count). The number of alkyl halides is 2. The van der Waals surface area contributed by atoms with Gasteiger partial charge in [0.2, 0.25) is 0 Å². The number of carbonyl (C=O) groups is 1. The van der Waals surface area contributed by atoms with Gasteiger partial charge in [-0.15, -0.1) is 0 Å². The first-order valence-corrected chi connectivity index (χ1v) is 4.92. The van der Waals surface area contributed by atoms with E-state index >= 15 is 0 Å². The minimum atomic E-state index is -2.71. The van der Waals surface area contributed by atoms with E-state index in [0.29, 0.717) is 0 Å². The zero-order valence-electron chi connectivity index (χ0n) is 8.90. The summed E-state index contributed by atoms with van der Waals surface area (Å²) in [7, 11) is 0. The van der Waals surface area contributed by atoms with Crippen LogP contribution in [0.25, 0.3) is 0 Å². The Morgan fingerprint density at radius 2 is 2.24 bits per heavy atom. The predicted molar refractivity (Wildman–Crippen MR) is 56.1 cm³/mol. The van der Waals surface area contributed by atoms with Crippen molar-refractivity contribution in [2.24, 2.45) is 0 Å². The van der Waals surface area contributed by atoms with Crippen LogP contribution >= 0.6 is 0 Å². The van der Waals surface area contributed by atoms with Crippen LogP contribution in [0.15, 0.2) is 23.1 Å². The lowest BCUT2D eigenvalue weighted by Crippen LogP contribution is -2.39. The number of nitrogens with zero attached hydrogens (tertiary/aromatic N) is 1. The molecule has 0 saturated carbocycles. The predicted octanol–water partition coefficient (Wildman–Crippen LogP) is 0.0745. The van der Waals surface area contributed by atoms with Crippen molar-refractivity contribution in [1.82, 2.24) is 9.88 Å². The molecule has 0 spiro atoms. The maximum Gasteiger partial charge on any atom is 0.260 e. The molecular formula is C10H12F2N2O3. The Morgan fingerprint density at radius 3 is 2.76 bits per heavy atom. The SMILES string of the molecule is O=C(c1ccc[nH]c1=O)N(CCO)CC(F)F. The van der Waals surface area contributed by atoms with Gasteiger partial charge < -0.3 is 15.0 Å². The topological polar surface area (TPSA) is 73.4 Å². The second kappa shape index (κ2) is 6.09. The number of aromatic nitrogens is 1. The summed E-state index contributed by atoms with van der Waals surface area (Å²) in [6.07, 6.45) is -1.38. The van der Waals surface area contributed by atoms with Gasteiger partial charge in [-0.05, 0) is 12.1 Å². The van der Waals surface area contributed by atoms with Gasteiger partial charge in [0.05, 0.1) is 13.2 Å². The normalized spacial score (nSPS) is 10.6. The lowest BCUT2D eigenvalue weighted by Gasteiger charge is -2.20. The van der Waals surface area contributed by atoms with Gasteiger partial charge in [0.15, 0.2) is 0 Å². The second-order valence-corrected chi connectivity index (χ2v) is 3.28. The van der Waals surface area contributed by atoms with Crippen molar-refractivity contribution in [2.75, 3.05) is 19.7 Å². The molecule has 2 N–H and O–H groups in total. The van der Waals surface area contributed by atoms with E-state index in [9.17, 15) is 18.4 Å². The van der Waals surface area contributed by atoms with Crippen LogP contribution in [0, 0.1) is 0 Å². The number of hydrogen-bond acceptors (Lipinski definition) is 3. The number of amides is 1. The van der Waals surface area contributed by atoms with E-state index in [1.54, 1.807) is 0 Å². The average molecular weight is 246 g/mol. The highest BCUT2D eigenvalue weighted by Gasteiger charge is 2.21. The zero-order chi connectivity index (χ0) is 12.8. The Morgan fingerprint density at radius 1 is 1.53 bits per heavy atom. The van der Waals surface area contributed by atoms with Crippen molar-refractivity contribution in [1.29, 1.82) is 0 Å². The lowest BCUT2D eigenvalue weighted by molar-refractivity contribution is 0.0507. The number of aliphatic hydroxyl groups excluding tert-OH is 1. The van der Waals surface area contributed by atoms with Crippen LogP contribution in [0.1, 0.15) is 10.4 Å². The number of halogens is 2. The molecule has 1 heterocycles. The Labute approximate surface area is 95.7 Å². The molecule has 0 atom stereocenters. The Kier molecular flexibility index (Phi) is 4.77. The van der Waals surface area contributed by atoms with Gasteiger partial charge in [-0.3, -0.25) is 9.59 Å². The fraction of sp³-hybridized carbons (Fsp3) is 0.400. The molecule has 7 heteroatoms. The molecule has 5 nitrogen and oxygen atoms in total. The quantitative estimate of drug-likeness (QED) is 0.772. The molecule has 0 aliphatic carbocycles. The molecule has 94 valence electrons. The lowest BCUT2D eigenvalue weighted by atomic mass is 10.2. The minimum absolute atomic E-state index is 0.221. The van der Waals surface area contributed by atoms with Crippen LogP contribution in [0.4, 0.5) is 8.78 Å². The van der Waals surface area contributed by atoms with E-state index in [1.165, 1.54) is 18.3 Å². The van der Waals surface area contributed by atoms with Gasteiger partial charge in [0, 0.05) is 12.7 Å². The molecule has 0 aliphatic rings. The average Bonchev–Trinajstić information content (AvgIpc) is 2.28. The van der Waals surface area contributed by atoms with Crippen LogP contribution in [-0.4, -0.2) is 47.0 Å². The first-order valence-electron chi connectivity index (χ1n) is 4.92. The third kappa shape index (κ3) is 3.63. The number of carbonyl (C=O) groups excluding carboxylic acids is 1. The highest BCUT2D eigenvalue weighted by Crippen LogP contribution is 2.03. The van der Waals surface area contributed by atoms with Crippen LogP contribution in [-0.2, 0) is 0 Å². The van der Waals surface area contributed by atoms with Crippen molar-refractivity contribution < 1.29 is 18.7 Å². The molecule has 0 aromatic carbocycles. The maximum absolute atomic E-state index is 12.2. The number of aromatic amines is 1. The highest BCUT2D eigenvalue weighted by atomic mass is 19.3. The summed E-state index contributed by atoms with van der Waals surface area (Å²) < 4.78 is 24.4. The molecule has 1 aromatic rings. The largest absolute Gasteiger partial charge is 0.395 e. The van der Waals surface area contributed by atoms with Gasteiger partial charge in [0.1, 0.15) is 5.56 Å². The van der Waals surface area contributed by atoms with E-state index in [4.69, 9.17) is 5.11 Å². The van der Waals surface area contributed by atoms with Crippen molar-refractivity contribution in [3.8, 4) is 0 Å². The number of nitrogens with one attached hydrogen (secondary N) is 1. The smallest absolute Gasteiger partial charge is 0.260 e. The van der Waals surface area contributed by atoms with Crippen LogP contribution in [0.2, 0.25) is 0 Å². The molecule has 0 saturated heterocycles. The van der Waals surface area contributed by atoms with E-state index in [-0.39, 0.29) is 12.1 Å². The van der Waals surface area contributed by atoms with Gasteiger partial charge in [-0.1, -0.05) is 0 Å². The van der Waals surface area contributed by atoms with E-state index in [1.807, 2.05) is 0 Å². The molecule has 0 radical (unpaired) electrons. The first-order chi connectivity index (χ1) is 8.06. The molecule has 0 bridgehead atoms. The highest BCUT2D eigenvalue weighted by molar-refractivity contribution is 5.93. The Hall–Kier alpha value is -1.76. The molecule has 0 unspecified atom stereocenters. The summed E-state index contributed by atoms with van der Waals surface area (Å²) >= 11 is 0. The molecular weight excluding hydrogens is 234 g/mol. The Bertz CT molecular complexity index is 434. The van der Waals surface area contributed by atoms with Gasteiger partial charge in [-0.2, -0.15) is 0 Å². The standard InChI is InChI=1S/C10H12F2N2O3/c11-8(12)6-14(4-5-15)10(17)7-2-1-3-13-9(7)16/h1-3,8,15H,4-6H2,(H,13,16). The van der Waals surface area contributed by atoms with E-state index < -0.39 is 31.0 Å². The maximum atomic E-state index is 12.2. The monoisotopic (exact) mass is 246 g/mol. The fourth-order valence-corrected chi connectivity index (χ4v) is 1.32. The number of H-pyrrole nitrogens is 1. The zero-order valence-corrected chi connectivity index (χ0v) is 8.90. The minimum Gasteiger partial charge on any atom is -0.395 e. The van der Waals surface area contributed by atoms with Gasteiger partial charge in [-0.25, -0.2) is 8.78 Å². The van der Waals surface area contributed by atoms with E-state index in [0.717, 1.165) is 4.90 Å². The summed E-state index contributed by atoms with van der Waals surface area (Å²) in [5.41, 5.74) is -0.865. The molecule has 1 aromatic heterocycles. The van der Waals surface area contributed by atoms with Crippen LogP contribution in [0.5, 0.6) is 0 Å². The van der Waals surface area contributed by atoms with Crippen LogP contribution < -0.4 is 5.56 Å². The number of aliphatic hydroxyl groups is 1. The Balaban J connectivity index is 2.92. The summed E-state index contributed by atoms with van der Waals surface area (Å²) in [6, 6.07) is 2.67. The van der Waals surface area contributed by atoms with Crippen molar-refractivity contribution >= 4 is 5.91 Å². The van der Waals surface area contributed by atoms with Crippen LogP contribution in [0.3, 0.4) is 0 Å². The first kappa shape index (κ1) is 13.3. The fourth-order valence-electron chi connectivity index (χ4n) is 1.32. The number of hydrogen-bond donors (Lipinski definition) is 2. The molecule has 1 amide bonds. The molecule has 17 heavy (non-hydrogen) atoms. The number of rotatable bonds is 5. The van der Waals surface area contributed by atoms with Gasteiger partial charge >= 0.3 is 0 Å². The number of pyridine rings is 1. The van der Waals surface area contributed by atoms with Crippen molar-refractivity contribution in [3.63, 3.8) is 0 Å². The summed E-state index contributed by atoms with van der Waals surface area (Å²) in [5.74, 6) is -0.818. The summed E-state index contributed by atoms with van der Waals surface area (Å²) in [6.45, 7) is -1.49. The van der Waals surface area contributed by atoms with Crippen molar-refractivity contribution in [3.05, 3.63) is 34.2 Å².